The first-order valence-electron chi connectivity index (χ1n) is 10.2. The van der Waals surface area contributed by atoms with Gasteiger partial charge in [-0.15, -0.1) is 11.8 Å². The molecular weight excluding hydrogens is 468 g/mol. The van der Waals surface area contributed by atoms with Crippen molar-refractivity contribution in [3.63, 3.8) is 0 Å². The van der Waals surface area contributed by atoms with Gasteiger partial charge in [-0.2, -0.15) is 0 Å². The van der Waals surface area contributed by atoms with Gasteiger partial charge in [-0.3, -0.25) is 0 Å². The van der Waals surface area contributed by atoms with E-state index in [4.69, 9.17) is 10.2 Å². The summed E-state index contributed by atoms with van der Waals surface area (Å²) in [5, 5.41) is 18.3. The highest BCUT2D eigenvalue weighted by atomic mass is 32.2. The molecule has 0 bridgehead atoms. The minimum Gasteiger partial charge on any atom is -0.478 e. The maximum Gasteiger partial charge on any atom is 0.335 e. The van der Waals surface area contributed by atoms with Crippen LogP contribution >= 0.6 is 23.5 Å². The Morgan fingerprint density at radius 3 is 1.56 bits per heavy atom. The molecule has 0 saturated heterocycles. The first-order chi connectivity index (χ1) is 16.5. The molecule has 0 aliphatic carbocycles. The summed E-state index contributed by atoms with van der Waals surface area (Å²) >= 11 is 3.26. The molecule has 2 N–H and O–H groups in total. The molecule has 0 fully saturated rings. The molecular formula is C26H22N2O4S2. The van der Waals surface area contributed by atoms with Crippen molar-refractivity contribution in [2.75, 3.05) is 0 Å². The average Bonchev–Trinajstić information content (AvgIpc) is 2.88. The number of nitrogens with zero attached hydrogens (tertiary/aromatic N) is 2. The van der Waals surface area contributed by atoms with Crippen molar-refractivity contribution in [1.29, 1.82) is 0 Å². The standard InChI is InChI=1S/C14H12O2S.C12H10N2O2S/c15-14(16)12-8-6-11(7-9-12)10-17-13-4-2-1-3-5-13;15-11(16)10-4-2-9(3-5-10)8-17-12-13-6-1-7-14-12/h1-9H,10H2,(H,15,16);1-7H,8H2,(H,15,16). The highest BCUT2D eigenvalue weighted by Crippen LogP contribution is 2.22. The van der Waals surface area contributed by atoms with Gasteiger partial charge in [-0.05, 0) is 53.6 Å². The molecule has 0 aliphatic heterocycles. The van der Waals surface area contributed by atoms with Crippen molar-refractivity contribution in [2.24, 2.45) is 0 Å². The summed E-state index contributed by atoms with van der Waals surface area (Å²) < 4.78 is 0. The fourth-order valence-electron chi connectivity index (χ4n) is 2.68. The molecule has 1 aromatic heterocycles. The maximum atomic E-state index is 10.7. The number of rotatable bonds is 8. The molecule has 0 radical (unpaired) electrons. The molecule has 6 nitrogen and oxygen atoms in total. The lowest BCUT2D eigenvalue weighted by Crippen LogP contribution is -1.95. The number of thioether (sulfide) groups is 2. The third-order valence-corrected chi connectivity index (χ3v) is 6.49. The van der Waals surface area contributed by atoms with Crippen molar-refractivity contribution in [2.45, 2.75) is 21.6 Å². The fraction of sp³-hybridized carbons (Fsp3) is 0.0769. The predicted octanol–water partition coefficient (Wildman–Crippen LogP) is 6.14. The van der Waals surface area contributed by atoms with Crippen molar-refractivity contribution in [3.8, 4) is 0 Å². The number of aromatic carboxylic acids is 2. The minimum absolute atomic E-state index is 0.301. The van der Waals surface area contributed by atoms with E-state index in [1.54, 1.807) is 66.6 Å². The molecule has 3 aromatic carbocycles. The van der Waals surface area contributed by atoms with Gasteiger partial charge in [0.15, 0.2) is 5.16 Å². The van der Waals surface area contributed by atoms with Crippen LogP contribution < -0.4 is 0 Å². The van der Waals surface area contributed by atoms with E-state index in [-0.39, 0.29) is 0 Å². The topological polar surface area (TPSA) is 100 Å². The van der Waals surface area contributed by atoms with Gasteiger partial charge in [0.05, 0.1) is 11.1 Å². The third kappa shape index (κ3) is 8.38. The molecule has 172 valence electrons. The van der Waals surface area contributed by atoms with Gasteiger partial charge < -0.3 is 10.2 Å². The molecule has 0 atom stereocenters. The second-order valence-corrected chi connectivity index (χ2v) is 8.92. The van der Waals surface area contributed by atoms with Crippen LogP contribution in [0.4, 0.5) is 0 Å². The Morgan fingerprint density at radius 1 is 0.618 bits per heavy atom. The molecule has 8 heteroatoms. The summed E-state index contributed by atoms with van der Waals surface area (Å²) in [6.45, 7) is 0. The second kappa shape index (κ2) is 13.2. The zero-order valence-electron chi connectivity index (χ0n) is 18.1. The van der Waals surface area contributed by atoms with Gasteiger partial charge in [-0.1, -0.05) is 54.2 Å². The van der Waals surface area contributed by atoms with E-state index in [9.17, 15) is 9.59 Å². The Morgan fingerprint density at radius 2 is 1.09 bits per heavy atom. The Bertz CT molecular complexity index is 1090. The Balaban J connectivity index is 0.000000191. The Kier molecular flexibility index (Phi) is 9.69. The van der Waals surface area contributed by atoms with Gasteiger partial charge in [0.2, 0.25) is 0 Å². The minimum atomic E-state index is -0.907. The second-order valence-electron chi connectivity index (χ2n) is 6.93. The number of aromatic nitrogens is 2. The van der Waals surface area contributed by atoms with Crippen molar-refractivity contribution in [1.82, 2.24) is 9.97 Å². The number of benzene rings is 3. The van der Waals surface area contributed by atoms with Crippen LogP contribution in [0.15, 0.2) is 107 Å². The number of hydrogen-bond donors (Lipinski definition) is 2. The summed E-state index contributed by atoms with van der Waals surface area (Å²) in [4.78, 5) is 30.8. The summed E-state index contributed by atoms with van der Waals surface area (Å²) in [7, 11) is 0. The quantitative estimate of drug-likeness (QED) is 0.224. The molecule has 34 heavy (non-hydrogen) atoms. The molecule has 0 aliphatic rings. The van der Waals surface area contributed by atoms with E-state index in [2.05, 4.69) is 22.1 Å². The smallest absolute Gasteiger partial charge is 0.335 e. The van der Waals surface area contributed by atoms with Crippen LogP contribution in [0.5, 0.6) is 0 Å². The van der Waals surface area contributed by atoms with Gasteiger partial charge in [0.1, 0.15) is 0 Å². The first kappa shape index (κ1) is 25.0. The highest BCUT2D eigenvalue weighted by molar-refractivity contribution is 7.98. The number of hydrogen-bond acceptors (Lipinski definition) is 6. The van der Waals surface area contributed by atoms with Crippen LogP contribution in [-0.4, -0.2) is 32.1 Å². The monoisotopic (exact) mass is 490 g/mol. The number of carboxylic acid groups (broad SMARTS) is 2. The van der Waals surface area contributed by atoms with Crippen molar-refractivity contribution in [3.05, 3.63) is 120 Å². The van der Waals surface area contributed by atoms with Gasteiger partial charge in [-0.25, -0.2) is 19.6 Å². The molecule has 4 rings (SSSR count). The van der Waals surface area contributed by atoms with E-state index in [0.717, 1.165) is 27.8 Å². The molecule has 4 aromatic rings. The normalized spacial score (nSPS) is 10.1. The Hall–Kier alpha value is -3.62. The van der Waals surface area contributed by atoms with E-state index >= 15 is 0 Å². The first-order valence-corrected chi connectivity index (χ1v) is 12.2. The zero-order chi connectivity index (χ0) is 24.2. The summed E-state index contributed by atoms with van der Waals surface area (Å²) in [6, 6.07) is 25.7. The van der Waals surface area contributed by atoms with Crippen LogP contribution in [0, 0.1) is 0 Å². The lowest BCUT2D eigenvalue weighted by atomic mass is 10.1. The zero-order valence-corrected chi connectivity index (χ0v) is 19.7. The van der Waals surface area contributed by atoms with Gasteiger partial charge in [0.25, 0.3) is 0 Å². The average molecular weight is 491 g/mol. The molecule has 0 unspecified atom stereocenters. The van der Waals surface area contributed by atoms with E-state index in [0.29, 0.717) is 11.1 Å². The van der Waals surface area contributed by atoms with Crippen LogP contribution in [-0.2, 0) is 11.5 Å². The summed E-state index contributed by atoms with van der Waals surface area (Å²) in [5.74, 6) is -0.212. The SMILES string of the molecule is O=C(O)c1ccc(CSc2ccccc2)cc1.O=C(O)c1ccc(CSc2ncccn2)cc1. The number of carbonyl (C=O) groups is 2. The van der Waals surface area contributed by atoms with Crippen LogP contribution in [0.25, 0.3) is 0 Å². The predicted molar refractivity (Wildman–Crippen MR) is 134 cm³/mol. The molecule has 0 saturated carbocycles. The lowest BCUT2D eigenvalue weighted by Gasteiger charge is -2.02. The van der Waals surface area contributed by atoms with E-state index < -0.39 is 11.9 Å². The van der Waals surface area contributed by atoms with Gasteiger partial charge >= 0.3 is 11.9 Å². The number of carboxylic acids is 2. The Labute approximate surface area is 206 Å². The highest BCUT2D eigenvalue weighted by Gasteiger charge is 2.03. The molecule has 1 heterocycles. The van der Waals surface area contributed by atoms with E-state index in [1.165, 1.54) is 16.7 Å². The van der Waals surface area contributed by atoms with Crippen molar-refractivity contribution >= 4 is 35.5 Å². The largest absolute Gasteiger partial charge is 0.478 e. The van der Waals surface area contributed by atoms with Crippen molar-refractivity contribution < 1.29 is 19.8 Å². The summed E-state index contributed by atoms with van der Waals surface area (Å²) in [6.07, 6.45) is 3.39. The maximum absolute atomic E-state index is 10.7. The van der Waals surface area contributed by atoms with Crippen LogP contribution in [0.1, 0.15) is 31.8 Å². The lowest BCUT2D eigenvalue weighted by molar-refractivity contribution is 0.0686. The third-order valence-electron chi connectivity index (χ3n) is 4.46. The van der Waals surface area contributed by atoms with Gasteiger partial charge in [0, 0.05) is 28.8 Å². The fourth-order valence-corrected chi connectivity index (χ4v) is 4.31. The molecule has 0 amide bonds. The van der Waals surface area contributed by atoms with E-state index in [1.807, 2.05) is 30.3 Å². The molecule has 0 spiro atoms. The summed E-state index contributed by atoms with van der Waals surface area (Å²) in [5.41, 5.74) is 2.81. The van der Waals surface area contributed by atoms with Crippen LogP contribution in [0.3, 0.4) is 0 Å². The van der Waals surface area contributed by atoms with Crippen LogP contribution in [0.2, 0.25) is 0 Å².